The largest absolute Gasteiger partial charge is 0.478 e. The van der Waals surface area contributed by atoms with Gasteiger partial charge in [0, 0.05) is 12.6 Å². The Labute approximate surface area is 104 Å². The standard InChI is InChI=1S/C12H17FN2O3/c1-2-7(3-4-16)15-11-6-9(13)8(12(17)18)5-10(11)14/h5-7,15-16H,2-4,14H2,1H3,(H,17,18). The van der Waals surface area contributed by atoms with Crippen molar-refractivity contribution in [3.05, 3.63) is 23.5 Å². The topological polar surface area (TPSA) is 95.6 Å². The number of nitrogens with one attached hydrogen (secondary N) is 1. The molecule has 0 aliphatic carbocycles. The third kappa shape index (κ3) is 3.33. The van der Waals surface area contributed by atoms with Gasteiger partial charge in [-0.25, -0.2) is 9.18 Å². The summed E-state index contributed by atoms with van der Waals surface area (Å²) in [6.07, 6.45) is 1.25. The van der Waals surface area contributed by atoms with Gasteiger partial charge in [-0.15, -0.1) is 0 Å². The van der Waals surface area contributed by atoms with Crippen molar-refractivity contribution in [3.63, 3.8) is 0 Å². The Morgan fingerprint density at radius 2 is 2.22 bits per heavy atom. The summed E-state index contributed by atoms with van der Waals surface area (Å²) in [6, 6.07) is 2.12. The number of hydrogen-bond donors (Lipinski definition) is 4. The van der Waals surface area contributed by atoms with Crippen LogP contribution in [0.1, 0.15) is 30.1 Å². The molecular formula is C12H17FN2O3. The van der Waals surface area contributed by atoms with Gasteiger partial charge in [-0.3, -0.25) is 0 Å². The van der Waals surface area contributed by atoms with E-state index in [2.05, 4.69) is 5.32 Å². The fourth-order valence-corrected chi connectivity index (χ4v) is 1.63. The number of nitrogen functional groups attached to an aromatic ring is 1. The van der Waals surface area contributed by atoms with Crippen LogP contribution in [-0.2, 0) is 0 Å². The number of carboxylic acid groups (broad SMARTS) is 1. The molecule has 5 nitrogen and oxygen atoms in total. The molecule has 0 amide bonds. The fourth-order valence-electron chi connectivity index (χ4n) is 1.63. The number of halogens is 1. The summed E-state index contributed by atoms with van der Waals surface area (Å²) in [5.74, 6) is -2.19. The molecule has 6 heteroatoms. The van der Waals surface area contributed by atoms with E-state index in [1.165, 1.54) is 0 Å². The zero-order valence-electron chi connectivity index (χ0n) is 10.1. The number of benzene rings is 1. The number of carboxylic acids is 1. The number of aromatic carboxylic acids is 1. The van der Waals surface area contributed by atoms with Crippen LogP contribution in [0.3, 0.4) is 0 Å². The van der Waals surface area contributed by atoms with Crippen molar-refractivity contribution in [2.24, 2.45) is 0 Å². The monoisotopic (exact) mass is 256 g/mol. The molecule has 0 fully saturated rings. The van der Waals surface area contributed by atoms with E-state index in [1.54, 1.807) is 0 Å². The predicted octanol–water partition coefficient (Wildman–Crippen LogP) is 1.68. The molecule has 0 aliphatic heterocycles. The van der Waals surface area contributed by atoms with Crippen LogP contribution in [-0.4, -0.2) is 28.8 Å². The number of carbonyl (C=O) groups is 1. The predicted molar refractivity (Wildman–Crippen MR) is 67.2 cm³/mol. The minimum absolute atomic E-state index is 0.0150. The maximum absolute atomic E-state index is 13.5. The second kappa shape index (κ2) is 6.20. The number of rotatable bonds is 6. The SMILES string of the molecule is CCC(CCO)Nc1cc(F)c(C(=O)O)cc1N. The molecule has 0 saturated heterocycles. The summed E-state index contributed by atoms with van der Waals surface area (Å²) in [5.41, 5.74) is 5.74. The van der Waals surface area contributed by atoms with Crippen LogP contribution >= 0.6 is 0 Å². The minimum atomic E-state index is -1.35. The Balaban J connectivity index is 2.97. The number of aliphatic hydroxyl groups excluding tert-OH is 1. The maximum atomic E-state index is 13.5. The molecular weight excluding hydrogens is 239 g/mol. The summed E-state index contributed by atoms with van der Waals surface area (Å²) < 4.78 is 13.5. The molecule has 1 atom stereocenters. The number of anilines is 2. The highest BCUT2D eigenvalue weighted by Gasteiger charge is 2.15. The lowest BCUT2D eigenvalue weighted by Crippen LogP contribution is -2.21. The van der Waals surface area contributed by atoms with Crippen molar-refractivity contribution in [3.8, 4) is 0 Å². The first-order chi connectivity index (χ1) is 8.49. The molecule has 0 heterocycles. The van der Waals surface area contributed by atoms with Crippen LogP contribution in [0.25, 0.3) is 0 Å². The number of aliphatic hydroxyl groups is 1. The van der Waals surface area contributed by atoms with Crippen LogP contribution in [0.15, 0.2) is 12.1 Å². The van der Waals surface area contributed by atoms with E-state index in [-0.39, 0.29) is 18.3 Å². The molecule has 0 bridgehead atoms. The van der Waals surface area contributed by atoms with Gasteiger partial charge in [-0.1, -0.05) is 6.92 Å². The van der Waals surface area contributed by atoms with Gasteiger partial charge in [0.15, 0.2) is 0 Å². The smallest absolute Gasteiger partial charge is 0.338 e. The van der Waals surface area contributed by atoms with Crippen LogP contribution < -0.4 is 11.1 Å². The third-order valence-electron chi connectivity index (χ3n) is 2.70. The molecule has 18 heavy (non-hydrogen) atoms. The van der Waals surface area contributed by atoms with Crippen molar-refractivity contribution >= 4 is 17.3 Å². The molecule has 0 radical (unpaired) electrons. The van der Waals surface area contributed by atoms with Crippen LogP contribution in [0.4, 0.5) is 15.8 Å². The van der Waals surface area contributed by atoms with Crippen LogP contribution in [0.2, 0.25) is 0 Å². The van der Waals surface area contributed by atoms with Crippen molar-refractivity contribution in [2.75, 3.05) is 17.7 Å². The second-order valence-corrected chi connectivity index (χ2v) is 3.99. The van der Waals surface area contributed by atoms with Gasteiger partial charge >= 0.3 is 5.97 Å². The molecule has 1 rings (SSSR count). The highest BCUT2D eigenvalue weighted by atomic mass is 19.1. The lowest BCUT2D eigenvalue weighted by Gasteiger charge is -2.19. The van der Waals surface area contributed by atoms with Gasteiger partial charge in [0.2, 0.25) is 0 Å². The van der Waals surface area contributed by atoms with Gasteiger partial charge in [0.1, 0.15) is 5.82 Å². The first-order valence-corrected chi connectivity index (χ1v) is 5.69. The van der Waals surface area contributed by atoms with Crippen molar-refractivity contribution < 1.29 is 19.4 Å². The highest BCUT2D eigenvalue weighted by molar-refractivity contribution is 5.90. The fraction of sp³-hybridized carbons (Fsp3) is 0.417. The molecule has 100 valence electrons. The first kappa shape index (κ1) is 14.2. The Morgan fingerprint density at radius 1 is 1.56 bits per heavy atom. The van der Waals surface area contributed by atoms with Gasteiger partial charge in [-0.05, 0) is 25.0 Å². The number of hydrogen-bond acceptors (Lipinski definition) is 4. The van der Waals surface area contributed by atoms with Crippen LogP contribution in [0.5, 0.6) is 0 Å². The molecule has 1 aromatic rings. The first-order valence-electron chi connectivity index (χ1n) is 5.69. The second-order valence-electron chi connectivity index (χ2n) is 3.99. The Kier molecular flexibility index (Phi) is 4.91. The summed E-state index contributed by atoms with van der Waals surface area (Å²) >= 11 is 0. The Hall–Kier alpha value is -1.82. The van der Waals surface area contributed by atoms with Crippen molar-refractivity contribution in [1.82, 2.24) is 0 Å². The normalized spacial score (nSPS) is 12.2. The summed E-state index contributed by atoms with van der Waals surface area (Å²) in [6.45, 7) is 1.94. The van der Waals surface area contributed by atoms with Gasteiger partial charge in [0.05, 0.1) is 16.9 Å². The molecule has 5 N–H and O–H groups in total. The van der Waals surface area contributed by atoms with E-state index < -0.39 is 17.3 Å². The lowest BCUT2D eigenvalue weighted by molar-refractivity contribution is 0.0692. The van der Waals surface area contributed by atoms with E-state index in [4.69, 9.17) is 15.9 Å². The van der Waals surface area contributed by atoms with E-state index in [9.17, 15) is 9.18 Å². The zero-order chi connectivity index (χ0) is 13.7. The number of nitrogens with two attached hydrogens (primary N) is 1. The van der Waals surface area contributed by atoms with Gasteiger partial charge in [-0.2, -0.15) is 0 Å². The summed E-state index contributed by atoms with van der Waals surface area (Å²) in [5, 5.41) is 20.6. The quantitative estimate of drug-likeness (QED) is 0.581. The average Bonchev–Trinajstić information content (AvgIpc) is 2.32. The molecule has 1 unspecified atom stereocenters. The minimum Gasteiger partial charge on any atom is -0.478 e. The van der Waals surface area contributed by atoms with E-state index in [1.807, 2.05) is 6.92 Å². The zero-order valence-corrected chi connectivity index (χ0v) is 10.1. The Morgan fingerprint density at radius 3 is 2.72 bits per heavy atom. The molecule has 1 aromatic carbocycles. The molecule has 0 spiro atoms. The Bertz CT molecular complexity index is 438. The summed E-state index contributed by atoms with van der Waals surface area (Å²) in [4.78, 5) is 10.7. The maximum Gasteiger partial charge on any atom is 0.338 e. The van der Waals surface area contributed by atoms with Gasteiger partial charge < -0.3 is 21.3 Å². The molecule has 0 aliphatic rings. The van der Waals surface area contributed by atoms with Crippen LogP contribution in [0, 0.1) is 5.82 Å². The summed E-state index contributed by atoms with van der Waals surface area (Å²) in [7, 11) is 0. The highest BCUT2D eigenvalue weighted by Crippen LogP contribution is 2.24. The van der Waals surface area contributed by atoms with E-state index in [0.29, 0.717) is 12.1 Å². The van der Waals surface area contributed by atoms with Crippen molar-refractivity contribution in [2.45, 2.75) is 25.8 Å². The van der Waals surface area contributed by atoms with Crippen molar-refractivity contribution in [1.29, 1.82) is 0 Å². The third-order valence-corrected chi connectivity index (χ3v) is 2.70. The molecule has 0 aromatic heterocycles. The van der Waals surface area contributed by atoms with Gasteiger partial charge in [0.25, 0.3) is 0 Å². The van der Waals surface area contributed by atoms with E-state index in [0.717, 1.165) is 18.6 Å². The lowest BCUT2D eigenvalue weighted by atomic mass is 10.1. The average molecular weight is 256 g/mol. The van der Waals surface area contributed by atoms with E-state index >= 15 is 0 Å². The molecule has 0 saturated carbocycles.